The van der Waals surface area contributed by atoms with Gasteiger partial charge in [-0.15, -0.1) is 0 Å². The monoisotopic (exact) mass is 420 g/mol. The first-order valence-electron chi connectivity index (χ1n) is 8.38. The van der Waals surface area contributed by atoms with Crippen molar-refractivity contribution in [1.82, 2.24) is 4.57 Å². The number of unbranched alkanes of at least 4 members (excludes halogenated alkanes) is 1. The summed E-state index contributed by atoms with van der Waals surface area (Å²) in [5.74, 6) is 1.21. The summed E-state index contributed by atoms with van der Waals surface area (Å²) < 4.78 is 4.43. The van der Waals surface area contributed by atoms with Gasteiger partial charge < -0.3 is 17.0 Å². The molecule has 0 radical (unpaired) electrons. The number of para-hydroxylation sites is 2. The van der Waals surface area contributed by atoms with Gasteiger partial charge in [0.15, 0.2) is 17.6 Å². The highest BCUT2D eigenvalue weighted by Crippen LogP contribution is 2.16. The lowest BCUT2D eigenvalue weighted by atomic mass is 10.1. The SMILES string of the molecule is CCCCn1c(C)[n+](CC(=O)c2ccc(Cl)cc2)c2ccccc21.[Br-]. The number of imidazole rings is 1. The predicted octanol–water partition coefficient (Wildman–Crippen LogP) is 1.58. The number of aromatic nitrogens is 2. The Labute approximate surface area is 164 Å². The van der Waals surface area contributed by atoms with E-state index in [1.54, 1.807) is 24.3 Å². The average Bonchev–Trinajstić information content (AvgIpc) is 2.85. The van der Waals surface area contributed by atoms with Crippen LogP contribution in [0.5, 0.6) is 0 Å². The molecule has 0 saturated heterocycles. The molecule has 0 spiro atoms. The molecule has 0 unspecified atom stereocenters. The largest absolute Gasteiger partial charge is 1.00 e. The number of benzene rings is 2. The second kappa shape index (κ2) is 8.63. The van der Waals surface area contributed by atoms with Crippen molar-refractivity contribution in [1.29, 1.82) is 0 Å². The highest BCUT2D eigenvalue weighted by molar-refractivity contribution is 6.30. The number of hydrogen-bond donors (Lipinski definition) is 0. The molecule has 0 aliphatic heterocycles. The van der Waals surface area contributed by atoms with Crippen LogP contribution in [0.2, 0.25) is 5.02 Å². The van der Waals surface area contributed by atoms with Gasteiger partial charge in [-0.05, 0) is 42.8 Å². The summed E-state index contributed by atoms with van der Waals surface area (Å²) in [4.78, 5) is 12.7. The molecule has 1 heterocycles. The summed E-state index contributed by atoms with van der Waals surface area (Å²) in [6.45, 7) is 5.60. The van der Waals surface area contributed by atoms with Gasteiger partial charge in [0.05, 0.1) is 6.54 Å². The molecule has 0 amide bonds. The van der Waals surface area contributed by atoms with E-state index < -0.39 is 0 Å². The zero-order valence-corrected chi connectivity index (χ0v) is 16.8. The molecule has 1 aromatic heterocycles. The van der Waals surface area contributed by atoms with Crippen LogP contribution in [-0.4, -0.2) is 10.4 Å². The van der Waals surface area contributed by atoms with Gasteiger partial charge in [-0.25, -0.2) is 9.13 Å². The van der Waals surface area contributed by atoms with E-state index in [0.29, 0.717) is 17.1 Å². The van der Waals surface area contributed by atoms with Crippen molar-refractivity contribution >= 4 is 28.4 Å². The van der Waals surface area contributed by atoms with Crippen molar-refractivity contribution < 1.29 is 26.3 Å². The molecule has 5 heteroatoms. The Morgan fingerprint density at radius 3 is 2.48 bits per heavy atom. The Bertz CT molecular complexity index is 871. The number of ketones is 1. The van der Waals surface area contributed by atoms with E-state index >= 15 is 0 Å². The number of carbonyl (C=O) groups is 1. The van der Waals surface area contributed by atoms with Gasteiger partial charge >= 0.3 is 0 Å². The van der Waals surface area contributed by atoms with Crippen LogP contribution in [-0.2, 0) is 13.1 Å². The van der Waals surface area contributed by atoms with Crippen molar-refractivity contribution in [2.24, 2.45) is 0 Å². The highest BCUT2D eigenvalue weighted by atomic mass is 79.9. The normalized spacial score (nSPS) is 10.7. The topological polar surface area (TPSA) is 25.9 Å². The maximum Gasteiger partial charge on any atom is 0.254 e. The molecule has 0 saturated carbocycles. The third-order valence-electron chi connectivity index (χ3n) is 4.45. The number of Topliss-reactive ketones (excluding diaryl/α,β-unsaturated/α-hetero) is 1. The summed E-state index contributed by atoms with van der Waals surface area (Å²) in [5, 5.41) is 0.645. The summed E-state index contributed by atoms with van der Waals surface area (Å²) >= 11 is 5.91. The van der Waals surface area contributed by atoms with E-state index in [2.05, 4.69) is 41.2 Å². The van der Waals surface area contributed by atoms with Gasteiger partial charge in [-0.2, -0.15) is 0 Å². The molecule has 2 aromatic carbocycles. The van der Waals surface area contributed by atoms with Crippen LogP contribution in [0, 0.1) is 6.92 Å². The Kier molecular flexibility index (Phi) is 6.79. The van der Waals surface area contributed by atoms with Gasteiger partial charge in [0.1, 0.15) is 0 Å². The van der Waals surface area contributed by atoms with E-state index in [-0.39, 0.29) is 22.8 Å². The Morgan fingerprint density at radius 1 is 1.12 bits per heavy atom. The zero-order valence-electron chi connectivity index (χ0n) is 14.5. The minimum atomic E-state index is 0. The number of nitrogens with zero attached hydrogens (tertiary/aromatic N) is 2. The van der Waals surface area contributed by atoms with Crippen LogP contribution in [0.25, 0.3) is 11.0 Å². The van der Waals surface area contributed by atoms with Crippen molar-refractivity contribution in [3.8, 4) is 0 Å². The summed E-state index contributed by atoms with van der Waals surface area (Å²) in [6.07, 6.45) is 2.28. The quantitative estimate of drug-likeness (QED) is 0.438. The van der Waals surface area contributed by atoms with Crippen molar-refractivity contribution in [3.63, 3.8) is 0 Å². The first-order chi connectivity index (χ1) is 11.6. The molecule has 132 valence electrons. The van der Waals surface area contributed by atoms with Gasteiger partial charge in [0.25, 0.3) is 5.82 Å². The van der Waals surface area contributed by atoms with Gasteiger partial charge in [0, 0.05) is 17.5 Å². The van der Waals surface area contributed by atoms with Crippen molar-refractivity contribution in [2.75, 3.05) is 0 Å². The van der Waals surface area contributed by atoms with E-state index in [0.717, 1.165) is 30.7 Å². The minimum absolute atomic E-state index is 0. The number of hydrogen-bond acceptors (Lipinski definition) is 1. The number of carbonyl (C=O) groups excluding carboxylic acids is 1. The molecule has 0 fully saturated rings. The van der Waals surface area contributed by atoms with Crippen LogP contribution in [0.1, 0.15) is 35.9 Å². The third-order valence-corrected chi connectivity index (χ3v) is 4.70. The fourth-order valence-electron chi connectivity index (χ4n) is 3.08. The van der Waals surface area contributed by atoms with E-state index in [4.69, 9.17) is 11.6 Å². The second-order valence-electron chi connectivity index (χ2n) is 6.06. The molecule has 0 atom stereocenters. The Hall–Kier alpha value is -1.65. The maximum absolute atomic E-state index is 12.7. The molecule has 0 aliphatic carbocycles. The summed E-state index contributed by atoms with van der Waals surface area (Å²) in [7, 11) is 0. The van der Waals surface area contributed by atoms with Gasteiger partial charge in [0.2, 0.25) is 5.78 Å². The molecule has 25 heavy (non-hydrogen) atoms. The Balaban J connectivity index is 0.00000225. The van der Waals surface area contributed by atoms with Crippen LogP contribution >= 0.6 is 11.6 Å². The Morgan fingerprint density at radius 2 is 1.80 bits per heavy atom. The second-order valence-corrected chi connectivity index (χ2v) is 6.49. The minimum Gasteiger partial charge on any atom is -1.00 e. The van der Waals surface area contributed by atoms with Crippen molar-refractivity contribution in [2.45, 2.75) is 39.8 Å². The van der Waals surface area contributed by atoms with Gasteiger partial charge in [-0.3, -0.25) is 4.79 Å². The molecule has 0 bridgehead atoms. The first-order valence-corrected chi connectivity index (χ1v) is 8.76. The maximum atomic E-state index is 12.7. The zero-order chi connectivity index (χ0) is 17.1. The smallest absolute Gasteiger partial charge is 0.254 e. The average molecular weight is 422 g/mol. The molecule has 3 aromatic rings. The molecule has 0 aliphatic rings. The molecule has 3 nitrogen and oxygen atoms in total. The lowest BCUT2D eigenvalue weighted by molar-refractivity contribution is -0.664. The van der Waals surface area contributed by atoms with E-state index in [9.17, 15) is 4.79 Å². The molecular weight excluding hydrogens is 400 g/mol. The standard InChI is InChI=1S/C20H22ClN2O.BrH/c1-3-4-13-22-15(2)23(19-8-6-5-7-18(19)22)14-20(24)16-9-11-17(21)12-10-16;/h5-12H,3-4,13-14H2,1-2H3;1H/q+1;/p-1. The van der Waals surface area contributed by atoms with Crippen molar-refractivity contribution in [3.05, 3.63) is 64.9 Å². The van der Waals surface area contributed by atoms with Crippen LogP contribution in [0.3, 0.4) is 0 Å². The van der Waals surface area contributed by atoms with Crippen LogP contribution in [0.15, 0.2) is 48.5 Å². The molecule has 3 rings (SSSR count). The lowest BCUT2D eigenvalue weighted by Gasteiger charge is -2.02. The highest BCUT2D eigenvalue weighted by Gasteiger charge is 2.23. The number of rotatable bonds is 6. The number of fused-ring (bicyclic) bond motifs is 1. The molecule has 0 N–H and O–H groups in total. The summed E-state index contributed by atoms with van der Waals surface area (Å²) in [6, 6.07) is 15.4. The fourth-order valence-corrected chi connectivity index (χ4v) is 3.21. The van der Waals surface area contributed by atoms with Crippen LogP contribution < -0.4 is 21.5 Å². The predicted molar refractivity (Wildman–Crippen MR) is 97.6 cm³/mol. The van der Waals surface area contributed by atoms with Gasteiger partial charge in [-0.1, -0.05) is 37.1 Å². The fraction of sp³-hybridized carbons (Fsp3) is 0.300. The van der Waals surface area contributed by atoms with Crippen LogP contribution in [0.4, 0.5) is 0 Å². The first kappa shape index (κ1) is 19.7. The summed E-state index contributed by atoms with van der Waals surface area (Å²) in [5.41, 5.74) is 2.98. The lowest BCUT2D eigenvalue weighted by Crippen LogP contribution is -3.00. The number of aryl methyl sites for hydroxylation is 1. The van der Waals surface area contributed by atoms with E-state index in [1.807, 2.05) is 6.07 Å². The number of halogens is 2. The third kappa shape index (κ3) is 4.13. The molecular formula is C20H22BrClN2O. The van der Waals surface area contributed by atoms with E-state index in [1.165, 1.54) is 5.52 Å².